The lowest BCUT2D eigenvalue weighted by atomic mass is 9.83. The number of hydrogen-bond acceptors (Lipinski definition) is 2. The van der Waals surface area contributed by atoms with Crippen LogP contribution in [0.25, 0.3) is 0 Å². The van der Waals surface area contributed by atoms with Gasteiger partial charge in [-0.25, -0.2) is 0 Å². The first-order valence-electron chi connectivity index (χ1n) is 8.29. The van der Waals surface area contributed by atoms with E-state index in [1.165, 1.54) is 50.5 Å². The van der Waals surface area contributed by atoms with E-state index in [2.05, 4.69) is 30.1 Å². The molecule has 1 fully saturated rings. The number of nitrogens with two attached hydrogens (primary N) is 1. The lowest BCUT2D eigenvalue weighted by Gasteiger charge is -2.37. The molecule has 2 N–H and O–H groups in total. The van der Waals surface area contributed by atoms with Gasteiger partial charge in [0.2, 0.25) is 0 Å². The van der Waals surface area contributed by atoms with Gasteiger partial charge in [0, 0.05) is 12.6 Å². The molecule has 110 valence electrons. The van der Waals surface area contributed by atoms with Gasteiger partial charge in [-0.2, -0.15) is 0 Å². The summed E-state index contributed by atoms with van der Waals surface area (Å²) in [5.41, 5.74) is 10.6. The molecule has 0 radical (unpaired) electrons. The van der Waals surface area contributed by atoms with Gasteiger partial charge in [-0.15, -0.1) is 0 Å². The van der Waals surface area contributed by atoms with Gasteiger partial charge in [0.25, 0.3) is 0 Å². The highest BCUT2D eigenvalue weighted by atomic mass is 15.1. The van der Waals surface area contributed by atoms with E-state index >= 15 is 0 Å². The maximum atomic E-state index is 5.97. The van der Waals surface area contributed by atoms with E-state index < -0.39 is 0 Å². The van der Waals surface area contributed by atoms with Crippen molar-refractivity contribution in [2.75, 3.05) is 13.6 Å². The molecule has 3 rings (SSSR count). The van der Waals surface area contributed by atoms with E-state index in [1.807, 2.05) is 0 Å². The zero-order valence-electron chi connectivity index (χ0n) is 12.8. The summed E-state index contributed by atoms with van der Waals surface area (Å²) in [6.07, 6.45) is 9.28. The number of fused-ring (bicyclic) bond motifs is 1. The molecule has 0 aliphatic heterocycles. The molecule has 2 heteroatoms. The predicted octanol–water partition coefficient (Wildman–Crippen LogP) is 3.12. The average molecular weight is 272 g/mol. The van der Waals surface area contributed by atoms with Gasteiger partial charge < -0.3 is 5.73 Å². The summed E-state index contributed by atoms with van der Waals surface area (Å²) < 4.78 is 0. The van der Waals surface area contributed by atoms with Gasteiger partial charge >= 0.3 is 0 Å². The standard InChI is InChI=1S/C18H28N2/c1-20(18-8-3-2-5-17(18)12-19)13-14-9-10-15-6-4-7-16(15)11-14/h9-11,17-18H,2-8,12-13,19H2,1H3. The first-order chi connectivity index (χ1) is 9.78. The minimum absolute atomic E-state index is 0.682. The Morgan fingerprint density at radius 1 is 1.10 bits per heavy atom. The summed E-state index contributed by atoms with van der Waals surface area (Å²) in [4.78, 5) is 2.55. The van der Waals surface area contributed by atoms with Crippen LogP contribution in [0.3, 0.4) is 0 Å². The van der Waals surface area contributed by atoms with Crippen molar-refractivity contribution >= 4 is 0 Å². The lowest BCUT2D eigenvalue weighted by Crippen LogP contribution is -2.42. The molecule has 1 aromatic carbocycles. The van der Waals surface area contributed by atoms with E-state index in [-0.39, 0.29) is 0 Å². The van der Waals surface area contributed by atoms with Crippen LogP contribution in [-0.2, 0) is 19.4 Å². The number of hydrogen-bond donors (Lipinski definition) is 1. The third-order valence-electron chi connectivity index (χ3n) is 5.33. The quantitative estimate of drug-likeness (QED) is 0.912. The molecule has 0 heterocycles. The zero-order chi connectivity index (χ0) is 13.9. The van der Waals surface area contributed by atoms with Crippen molar-refractivity contribution in [2.24, 2.45) is 11.7 Å². The molecule has 2 aliphatic rings. The van der Waals surface area contributed by atoms with Crippen LogP contribution in [0.15, 0.2) is 18.2 Å². The number of nitrogens with zero attached hydrogens (tertiary/aromatic N) is 1. The van der Waals surface area contributed by atoms with Gasteiger partial charge in [-0.05, 0) is 68.3 Å². The van der Waals surface area contributed by atoms with Crippen molar-refractivity contribution in [3.8, 4) is 0 Å². The number of benzene rings is 1. The minimum atomic E-state index is 0.682. The SMILES string of the molecule is CN(Cc1ccc2c(c1)CCC2)C1CCCCC1CN. The molecule has 2 unspecified atom stereocenters. The Morgan fingerprint density at radius 3 is 2.75 bits per heavy atom. The molecule has 2 nitrogen and oxygen atoms in total. The van der Waals surface area contributed by atoms with Crippen LogP contribution >= 0.6 is 0 Å². The molecular formula is C18H28N2. The van der Waals surface area contributed by atoms with Crippen molar-refractivity contribution in [3.63, 3.8) is 0 Å². The first kappa shape index (κ1) is 14.1. The summed E-state index contributed by atoms with van der Waals surface area (Å²) >= 11 is 0. The molecule has 1 aromatic rings. The molecule has 0 saturated heterocycles. The third-order valence-corrected chi connectivity index (χ3v) is 5.33. The third kappa shape index (κ3) is 2.91. The average Bonchev–Trinajstić information content (AvgIpc) is 2.94. The Morgan fingerprint density at radius 2 is 1.90 bits per heavy atom. The van der Waals surface area contributed by atoms with E-state index in [9.17, 15) is 0 Å². The van der Waals surface area contributed by atoms with Gasteiger partial charge in [-0.3, -0.25) is 4.90 Å². The van der Waals surface area contributed by atoms with Crippen LogP contribution in [-0.4, -0.2) is 24.5 Å². The van der Waals surface area contributed by atoms with Crippen molar-refractivity contribution in [1.82, 2.24) is 4.90 Å². The Labute approximate surface area is 123 Å². The maximum absolute atomic E-state index is 5.97. The first-order valence-corrected chi connectivity index (χ1v) is 8.29. The van der Waals surface area contributed by atoms with Gasteiger partial charge in [0.15, 0.2) is 0 Å². The largest absolute Gasteiger partial charge is 0.330 e. The Kier molecular flexibility index (Phi) is 4.42. The number of aryl methyl sites for hydroxylation is 2. The molecule has 0 amide bonds. The van der Waals surface area contributed by atoms with Crippen LogP contribution in [0.1, 0.15) is 48.8 Å². The Hall–Kier alpha value is -0.860. The summed E-state index contributed by atoms with van der Waals surface area (Å²) in [6, 6.07) is 7.81. The fourth-order valence-corrected chi connectivity index (χ4v) is 4.17. The second kappa shape index (κ2) is 6.28. The predicted molar refractivity (Wildman–Crippen MR) is 84.7 cm³/mol. The summed E-state index contributed by atoms with van der Waals surface area (Å²) in [7, 11) is 2.28. The Bertz CT molecular complexity index is 455. The topological polar surface area (TPSA) is 29.3 Å². The molecule has 2 atom stereocenters. The van der Waals surface area contributed by atoms with Crippen LogP contribution in [0.4, 0.5) is 0 Å². The number of rotatable bonds is 4. The van der Waals surface area contributed by atoms with Crippen LogP contribution in [0.2, 0.25) is 0 Å². The van der Waals surface area contributed by atoms with Crippen molar-refractivity contribution < 1.29 is 0 Å². The van der Waals surface area contributed by atoms with Gasteiger partial charge in [0.05, 0.1) is 0 Å². The van der Waals surface area contributed by atoms with E-state index in [0.717, 1.165) is 13.1 Å². The van der Waals surface area contributed by atoms with E-state index in [0.29, 0.717) is 12.0 Å². The summed E-state index contributed by atoms with van der Waals surface area (Å²) in [5.74, 6) is 0.697. The molecule has 0 spiro atoms. The highest BCUT2D eigenvalue weighted by Gasteiger charge is 2.27. The molecule has 2 aliphatic carbocycles. The van der Waals surface area contributed by atoms with E-state index in [4.69, 9.17) is 5.73 Å². The molecule has 1 saturated carbocycles. The summed E-state index contributed by atoms with van der Waals surface area (Å²) in [5, 5.41) is 0. The van der Waals surface area contributed by atoms with E-state index in [1.54, 1.807) is 11.1 Å². The Balaban J connectivity index is 1.67. The van der Waals surface area contributed by atoms with Gasteiger partial charge in [-0.1, -0.05) is 31.0 Å². The molecule has 0 bridgehead atoms. The highest BCUT2D eigenvalue weighted by molar-refractivity contribution is 5.35. The maximum Gasteiger partial charge on any atom is 0.0233 e. The second-order valence-electron chi connectivity index (χ2n) is 6.72. The molecular weight excluding hydrogens is 244 g/mol. The van der Waals surface area contributed by atoms with Crippen LogP contribution < -0.4 is 5.73 Å². The van der Waals surface area contributed by atoms with Gasteiger partial charge in [0.1, 0.15) is 0 Å². The van der Waals surface area contributed by atoms with Crippen molar-refractivity contribution in [2.45, 2.75) is 57.5 Å². The zero-order valence-corrected chi connectivity index (χ0v) is 12.8. The van der Waals surface area contributed by atoms with Crippen molar-refractivity contribution in [1.29, 1.82) is 0 Å². The molecule has 20 heavy (non-hydrogen) atoms. The van der Waals surface area contributed by atoms with Crippen LogP contribution in [0, 0.1) is 5.92 Å². The monoisotopic (exact) mass is 272 g/mol. The summed E-state index contributed by atoms with van der Waals surface area (Å²) in [6.45, 7) is 1.92. The highest BCUT2D eigenvalue weighted by Crippen LogP contribution is 2.29. The fourth-order valence-electron chi connectivity index (χ4n) is 4.17. The minimum Gasteiger partial charge on any atom is -0.330 e. The second-order valence-corrected chi connectivity index (χ2v) is 6.72. The van der Waals surface area contributed by atoms with Crippen molar-refractivity contribution in [3.05, 3.63) is 34.9 Å². The van der Waals surface area contributed by atoms with Crippen LogP contribution in [0.5, 0.6) is 0 Å². The fraction of sp³-hybridized carbons (Fsp3) is 0.667. The normalized spacial score (nSPS) is 25.9. The lowest BCUT2D eigenvalue weighted by molar-refractivity contribution is 0.127. The smallest absolute Gasteiger partial charge is 0.0233 e. The molecule has 0 aromatic heterocycles.